The van der Waals surface area contributed by atoms with E-state index in [1.54, 1.807) is 21.6 Å². The smallest absolute Gasteiger partial charge is 0.280 e. The van der Waals surface area contributed by atoms with Crippen molar-refractivity contribution < 1.29 is 14.3 Å². The van der Waals surface area contributed by atoms with E-state index in [4.69, 9.17) is 0 Å². The first-order chi connectivity index (χ1) is 16.4. The van der Waals surface area contributed by atoms with Crippen LogP contribution in [-0.4, -0.2) is 42.0 Å². The number of aryl methyl sites for hydroxylation is 2. The van der Waals surface area contributed by atoms with Crippen LogP contribution in [0.3, 0.4) is 0 Å². The Balaban J connectivity index is 1.41. The highest BCUT2D eigenvalue weighted by Gasteiger charge is 2.21. The normalized spacial score (nSPS) is 12.2. The molecule has 4 heterocycles. The monoisotopic (exact) mass is 476 g/mol. The molecule has 0 unspecified atom stereocenters. The Bertz CT molecular complexity index is 1490. The second-order valence-electron chi connectivity index (χ2n) is 7.89. The van der Waals surface area contributed by atoms with Gasteiger partial charge in [0.1, 0.15) is 5.82 Å². The van der Waals surface area contributed by atoms with E-state index >= 15 is 0 Å². The summed E-state index contributed by atoms with van der Waals surface area (Å²) < 4.78 is 16.7. The van der Waals surface area contributed by atoms with Gasteiger partial charge in [0.15, 0.2) is 5.01 Å². The van der Waals surface area contributed by atoms with Crippen LogP contribution in [0.15, 0.2) is 61.2 Å². The van der Waals surface area contributed by atoms with Crippen molar-refractivity contribution in [1.82, 2.24) is 29.7 Å². The molecule has 0 saturated carbocycles. The Morgan fingerprint density at radius 1 is 1.12 bits per heavy atom. The van der Waals surface area contributed by atoms with E-state index in [1.807, 2.05) is 38.5 Å². The molecule has 1 amide bonds. The third-order valence-electron chi connectivity index (χ3n) is 5.56. The summed E-state index contributed by atoms with van der Waals surface area (Å²) in [7, 11) is 1.87. The molecular formula is C24H21FN6O2S. The highest BCUT2D eigenvalue weighted by atomic mass is 32.1. The maximum atomic E-state index is 13.2. The molecule has 0 aliphatic heterocycles. The van der Waals surface area contributed by atoms with Gasteiger partial charge in [-0.15, -0.1) is 11.3 Å². The summed E-state index contributed by atoms with van der Waals surface area (Å²) in [6, 6.07) is 8.97. The van der Waals surface area contributed by atoms with Crippen molar-refractivity contribution in [3.63, 3.8) is 0 Å². The summed E-state index contributed by atoms with van der Waals surface area (Å²) in [5, 5.41) is 21.5. The fourth-order valence-electron chi connectivity index (χ4n) is 3.80. The molecule has 0 radical (unpaired) electrons. The molecule has 0 spiro atoms. The number of benzene rings is 1. The maximum absolute atomic E-state index is 13.2. The minimum absolute atomic E-state index is 0.277. The first kappa shape index (κ1) is 21.9. The first-order valence-corrected chi connectivity index (χ1v) is 11.4. The molecule has 8 nitrogen and oxygen atoms in total. The van der Waals surface area contributed by atoms with Crippen molar-refractivity contribution in [2.24, 2.45) is 7.05 Å². The number of hydrogen-bond acceptors (Lipinski definition) is 6. The van der Waals surface area contributed by atoms with E-state index in [9.17, 15) is 14.3 Å². The van der Waals surface area contributed by atoms with Crippen molar-refractivity contribution in [2.45, 2.75) is 13.0 Å². The van der Waals surface area contributed by atoms with Gasteiger partial charge in [-0.1, -0.05) is 18.2 Å². The lowest BCUT2D eigenvalue weighted by Gasteiger charge is -2.15. The van der Waals surface area contributed by atoms with E-state index in [0.717, 1.165) is 27.1 Å². The quantitative estimate of drug-likeness (QED) is 0.389. The zero-order chi connectivity index (χ0) is 23.8. The van der Waals surface area contributed by atoms with Crippen LogP contribution in [0.2, 0.25) is 0 Å². The molecule has 0 aliphatic carbocycles. The van der Waals surface area contributed by atoms with E-state index in [0.29, 0.717) is 11.3 Å². The SMILES string of the molecule is Cc1sc(C(=O)N[C@H](CO)c2ccc(F)cc2)nc1-c1cnn2cc(-c3cnn(C)c3)ccc12. The minimum Gasteiger partial charge on any atom is -0.394 e. The fourth-order valence-corrected chi connectivity index (χ4v) is 4.63. The van der Waals surface area contributed by atoms with Gasteiger partial charge < -0.3 is 10.4 Å². The van der Waals surface area contributed by atoms with Gasteiger partial charge in [-0.05, 0) is 30.7 Å². The highest BCUT2D eigenvalue weighted by molar-refractivity contribution is 7.14. The van der Waals surface area contributed by atoms with Crippen molar-refractivity contribution in [3.8, 4) is 22.4 Å². The van der Waals surface area contributed by atoms with Gasteiger partial charge in [-0.2, -0.15) is 10.2 Å². The van der Waals surface area contributed by atoms with Gasteiger partial charge in [0.2, 0.25) is 0 Å². The Labute approximate surface area is 198 Å². The van der Waals surface area contributed by atoms with Gasteiger partial charge in [0.25, 0.3) is 5.91 Å². The Morgan fingerprint density at radius 3 is 2.62 bits per heavy atom. The average Bonchev–Trinajstić information content (AvgIpc) is 3.55. The molecule has 0 bridgehead atoms. The van der Waals surface area contributed by atoms with Gasteiger partial charge >= 0.3 is 0 Å². The number of aliphatic hydroxyl groups excluding tert-OH is 1. The lowest BCUT2D eigenvalue weighted by molar-refractivity contribution is 0.0916. The number of amides is 1. The molecule has 5 rings (SSSR count). The molecule has 172 valence electrons. The topological polar surface area (TPSA) is 97.3 Å². The number of nitrogens with one attached hydrogen (secondary N) is 1. The zero-order valence-corrected chi connectivity index (χ0v) is 19.3. The van der Waals surface area contributed by atoms with Crippen molar-refractivity contribution in [2.75, 3.05) is 6.61 Å². The fraction of sp³-hybridized carbons (Fsp3) is 0.167. The van der Waals surface area contributed by atoms with Crippen LogP contribution in [-0.2, 0) is 7.05 Å². The summed E-state index contributed by atoms with van der Waals surface area (Å²) in [6.07, 6.45) is 7.40. The van der Waals surface area contributed by atoms with Crippen LogP contribution in [0.5, 0.6) is 0 Å². The van der Waals surface area contributed by atoms with E-state index < -0.39 is 11.9 Å². The largest absolute Gasteiger partial charge is 0.394 e. The van der Waals surface area contributed by atoms with Gasteiger partial charge in [-0.25, -0.2) is 13.9 Å². The second kappa shape index (κ2) is 8.81. The number of aliphatic hydroxyl groups is 1. The van der Waals surface area contributed by atoms with Crippen LogP contribution < -0.4 is 5.32 Å². The number of fused-ring (bicyclic) bond motifs is 1. The van der Waals surface area contributed by atoms with Crippen LogP contribution in [0.1, 0.15) is 26.3 Å². The molecule has 0 saturated heterocycles. The standard InChI is InChI=1S/C24H21FN6O2S/c1-14-22(19-10-27-31-12-16(5-8-21(19)31)17-9-26-30(2)11-17)29-24(34-14)23(33)28-20(13-32)15-3-6-18(25)7-4-15/h3-12,20,32H,13H2,1-2H3,(H,28,33)/t20-/m1/s1. The van der Waals surface area contributed by atoms with Crippen LogP contribution in [0, 0.1) is 12.7 Å². The van der Waals surface area contributed by atoms with E-state index in [1.165, 1.54) is 35.6 Å². The predicted molar refractivity (Wildman–Crippen MR) is 127 cm³/mol. The number of halogens is 1. The number of carbonyl (C=O) groups is 1. The molecule has 5 aromatic rings. The zero-order valence-electron chi connectivity index (χ0n) is 18.4. The highest BCUT2D eigenvalue weighted by Crippen LogP contribution is 2.32. The number of hydrogen-bond donors (Lipinski definition) is 2. The van der Waals surface area contributed by atoms with Crippen LogP contribution in [0.4, 0.5) is 4.39 Å². The molecule has 0 fully saturated rings. The van der Waals surface area contributed by atoms with Gasteiger partial charge in [0.05, 0.1) is 36.3 Å². The third-order valence-corrected chi connectivity index (χ3v) is 6.53. The average molecular weight is 477 g/mol. The van der Waals surface area contributed by atoms with Gasteiger partial charge in [0, 0.05) is 41.0 Å². The summed E-state index contributed by atoms with van der Waals surface area (Å²) >= 11 is 1.27. The van der Waals surface area contributed by atoms with Crippen molar-refractivity contribution in [3.05, 3.63) is 82.5 Å². The maximum Gasteiger partial charge on any atom is 0.280 e. The van der Waals surface area contributed by atoms with E-state index in [-0.39, 0.29) is 17.4 Å². The number of nitrogens with zero attached hydrogens (tertiary/aromatic N) is 5. The van der Waals surface area contributed by atoms with Gasteiger partial charge in [-0.3, -0.25) is 9.48 Å². The number of thiazole rings is 1. The summed E-state index contributed by atoms with van der Waals surface area (Å²) in [6.45, 7) is 1.59. The lowest BCUT2D eigenvalue weighted by Crippen LogP contribution is -2.30. The molecular weight excluding hydrogens is 455 g/mol. The molecule has 1 atom stereocenters. The van der Waals surface area contributed by atoms with Crippen LogP contribution in [0.25, 0.3) is 27.9 Å². The molecule has 0 aliphatic rings. The van der Waals surface area contributed by atoms with Crippen LogP contribution >= 0.6 is 11.3 Å². The Morgan fingerprint density at radius 2 is 1.91 bits per heavy atom. The number of rotatable bonds is 6. The summed E-state index contributed by atoms with van der Waals surface area (Å²) in [4.78, 5) is 18.3. The molecule has 10 heteroatoms. The molecule has 2 N–H and O–H groups in total. The molecule has 34 heavy (non-hydrogen) atoms. The van der Waals surface area contributed by atoms with E-state index in [2.05, 4.69) is 20.5 Å². The lowest BCUT2D eigenvalue weighted by atomic mass is 10.1. The van der Waals surface area contributed by atoms with Crippen molar-refractivity contribution >= 4 is 22.8 Å². The number of carbonyl (C=O) groups excluding carboxylic acids is 1. The summed E-state index contributed by atoms with van der Waals surface area (Å²) in [5.41, 5.74) is 4.96. The number of aromatic nitrogens is 5. The second-order valence-corrected chi connectivity index (χ2v) is 9.10. The first-order valence-electron chi connectivity index (χ1n) is 10.5. The van der Waals surface area contributed by atoms with Crippen molar-refractivity contribution in [1.29, 1.82) is 0 Å². The molecule has 1 aromatic carbocycles. The Kier molecular flexibility index (Phi) is 5.68. The number of pyridine rings is 1. The summed E-state index contributed by atoms with van der Waals surface area (Å²) in [5.74, 6) is -0.786. The third kappa shape index (κ3) is 4.09. The molecule has 4 aromatic heterocycles. The minimum atomic E-state index is -0.663. The Hall–Kier alpha value is -3.89. The predicted octanol–water partition coefficient (Wildman–Crippen LogP) is 3.77.